The Kier molecular flexibility index (Phi) is 7.84. The molecule has 2 fully saturated rings. The molecule has 2 N–H and O–H groups in total. The minimum Gasteiger partial charge on any atom is -0.368 e. The lowest BCUT2D eigenvalue weighted by atomic mass is 9.77. The number of amides is 2. The molecule has 1 aliphatic heterocycles. The highest BCUT2D eigenvalue weighted by Crippen LogP contribution is 2.54. The summed E-state index contributed by atoms with van der Waals surface area (Å²) in [4.78, 5) is 45.5. The van der Waals surface area contributed by atoms with Gasteiger partial charge < -0.3 is 10.6 Å². The maximum absolute atomic E-state index is 14.4. The van der Waals surface area contributed by atoms with Crippen molar-refractivity contribution in [1.29, 1.82) is 0 Å². The molecular formula is C32H38N2O3S2. The minimum absolute atomic E-state index is 0.0297. The lowest BCUT2D eigenvalue weighted by Gasteiger charge is -2.34. The van der Waals surface area contributed by atoms with Crippen LogP contribution in [0.5, 0.6) is 0 Å². The van der Waals surface area contributed by atoms with E-state index in [9.17, 15) is 14.4 Å². The van der Waals surface area contributed by atoms with Crippen molar-refractivity contribution in [1.82, 2.24) is 4.90 Å². The average Bonchev–Trinajstić information content (AvgIpc) is 3.66. The van der Waals surface area contributed by atoms with Gasteiger partial charge in [0, 0.05) is 16.7 Å². The fraction of sp³-hybridized carbons (Fsp3) is 0.469. The fourth-order valence-electron chi connectivity index (χ4n) is 6.52. The molecule has 1 saturated carbocycles. The van der Waals surface area contributed by atoms with Crippen molar-refractivity contribution in [2.24, 2.45) is 17.6 Å². The molecule has 2 aliphatic rings. The highest BCUT2D eigenvalue weighted by Gasteiger charge is 2.58. The Bertz CT molecular complexity index is 1330. The summed E-state index contributed by atoms with van der Waals surface area (Å²) < 4.78 is 0. The van der Waals surface area contributed by atoms with E-state index < -0.39 is 29.8 Å². The van der Waals surface area contributed by atoms with E-state index in [1.165, 1.54) is 16.9 Å². The molecule has 0 bridgehead atoms. The first kappa shape index (κ1) is 27.8. The summed E-state index contributed by atoms with van der Waals surface area (Å²) in [6.07, 6.45) is 4.75. The number of rotatable bonds is 6. The smallest absolute Gasteiger partial charge is 0.240 e. The van der Waals surface area contributed by atoms with Crippen molar-refractivity contribution >= 4 is 40.3 Å². The van der Waals surface area contributed by atoms with Crippen LogP contribution in [0.25, 0.3) is 0 Å². The predicted octanol–water partition coefficient (Wildman–Crippen LogP) is 7.02. The van der Waals surface area contributed by atoms with Gasteiger partial charge in [0.15, 0.2) is 5.78 Å². The normalized spacial score (nSPS) is 24.2. The molecule has 5 rings (SSSR count). The number of likely N-dealkylation sites (tertiary alicyclic amines) is 1. The van der Waals surface area contributed by atoms with Gasteiger partial charge in [0.1, 0.15) is 6.04 Å². The van der Waals surface area contributed by atoms with Crippen LogP contribution in [0.4, 0.5) is 0 Å². The van der Waals surface area contributed by atoms with Crippen LogP contribution < -0.4 is 5.73 Å². The zero-order chi connectivity index (χ0) is 27.9. The van der Waals surface area contributed by atoms with Crippen molar-refractivity contribution < 1.29 is 14.4 Å². The number of thiophene rings is 2. The summed E-state index contributed by atoms with van der Waals surface area (Å²) in [6.45, 7) is 8.50. The van der Waals surface area contributed by atoms with Crippen LogP contribution >= 0.6 is 22.7 Å². The second-order valence-corrected chi connectivity index (χ2v) is 14.0. The summed E-state index contributed by atoms with van der Waals surface area (Å²) in [6, 6.07) is 12.5. The van der Waals surface area contributed by atoms with Crippen molar-refractivity contribution in [3.05, 3.63) is 79.7 Å². The molecule has 39 heavy (non-hydrogen) atoms. The van der Waals surface area contributed by atoms with Crippen LogP contribution in [0.2, 0.25) is 0 Å². The number of aryl methyl sites for hydroxylation is 1. The molecule has 0 radical (unpaired) electrons. The summed E-state index contributed by atoms with van der Waals surface area (Å²) in [5.41, 5.74) is 9.21. The van der Waals surface area contributed by atoms with E-state index in [1.54, 1.807) is 16.2 Å². The monoisotopic (exact) mass is 562 g/mol. The largest absolute Gasteiger partial charge is 0.368 e. The van der Waals surface area contributed by atoms with E-state index >= 15 is 0 Å². The molecule has 2 amide bonds. The first-order chi connectivity index (χ1) is 18.6. The number of nitrogens with zero attached hydrogens (tertiary/aromatic N) is 1. The third-order valence-electron chi connectivity index (χ3n) is 8.57. The molecule has 1 aliphatic carbocycles. The Balaban J connectivity index is 1.71. The number of nitrogens with two attached hydrogens (primary N) is 1. The van der Waals surface area contributed by atoms with E-state index in [0.29, 0.717) is 4.88 Å². The van der Waals surface area contributed by atoms with Gasteiger partial charge >= 0.3 is 0 Å². The van der Waals surface area contributed by atoms with E-state index in [0.717, 1.165) is 48.1 Å². The summed E-state index contributed by atoms with van der Waals surface area (Å²) >= 11 is 2.96. The Morgan fingerprint density at radius 2 is 1.62 bits per heavy atom. The van der Waals surface area contributed by atoms with Gasteiger partial charge in [-0.25, -0.2) is 0 Å². The van der Waals surface area contributed by atoms with Gasteiger partial charge in [0.2, 0.25) is 11.8 Å². The number of Topliss-reactive ketones (excluding diaryl/α,β-unsaturated/α-hetero) is 1. The number of ketones is 1. The quantitative estimate of drug-likeness (QED) is 0.328. The van der Waals surface area contributed by atoms with E-state index in [-0.39, 0.29) is 23.0 Å². The number of primary amides is 1. The topological polar surface area (TPSA) is 80.5 Å². The molecule has 3 aromatic rings. The van der Waals surface area contributed by atoms with Crippen LogP contribution in [0.3, 0.4) is 0 Å². The van der Waals surface area contributed by atoms with Gasteiger partial charge in [0.25, 0.3) is 0 Å². The second kappa shape index (κ2) is 11.0. The molecule has 1 aromatic carbocycles. The molecule has 7 heteroatoms. The van der Waals surface area contributed by atoms with Crippen LogP contribution in [0, 0.1) is 18.8 Å². The number of hydrogen-bond acceptors (Lipinski definition) is 5. The van der Waals surface area contributed by atoms with E-state index in [4.69, 9.17) is 5.73 Å². The molecule has 2 aromatic heterocycles. The Morgan fingerprint density at radius 1 is 0.923 bits per heavy atom. The van der Waals surface area contributed by atoms with Crippen LogP contribution in [0.1, 0.15) is 96.1 Å². The highest BCUT2D eigenvalue weighted by atomic mass is 32.1. The third kappa shape index (κ3) is 5.23. The second-order valence-electron chi connectivity index (χ2n) is 12.1. The highest BCUT2D eigenvalue weighted by molar-refractivity contribution is 7.12. The standard InChI is InChI=1S/C32H38N2O3S2/c1-19-16-18-39-29(19)26-25(28(35)23-11-8-17-38-23)24(20-12-14-22(15-13-20)32(2,3)4)27(30(33)36)34(26)31(37)21-9-6-5-7-10-21/h8,11-18,21,24-27H,5-7,9-10H2,1-4H3,(H2,33,36). The maximum atomic E-state index is 14.4. The molecule has 4 atom stereocenters. The maximum Gasteiger partial charge on any atom is 0.240 e. The first-order valence-electron chi connectivity index (χ1n) is 13.9. The van der Waals surface area contributed by atoms with Gasteiger partial charge in [-0.3, -0.25) is 14.4 Å². The summed E-state index contributed by atoms with van der Waals surface area (Å²) in [7, 11) is 0. The van der Waals surface area contributed by atoms with Crippen molar-refractivity contribution in [2.75, 3.05) is 0 Å². The Morgan fingerprint density at radius 3 is 2.15 bits per heavy atom. The van der Waals surface area contributed by atoms with Crippen LogP contribution in [0.15, 0.2) is 53.2 Å². The van der Waals surface area contributed by atoms with Gasteiger partial charge in [-0.1, -0.05) is 70.4 Å². The molecule has 5 nitrogen and oxygen atoms in total. The van der Waals surface area contributed by atoms with Crippen molar-refractivity contribution in [3.63, 3.8) is 0 Å². The molecule has 3 heterocycles. The Hall–Kier alpha value is -2.77. The zero-order valence-electron chi connectivity index (χ0n) is 23.2. The van der Waals surface area contributed by atoms with Crippen LogP contribution in [-0.4, -0.2) is 28.5 Å². The molecule has 206 valence electrons. The van der Waals surface area contributed by atoms with Gasteiger partial charge in [-0.2, -0.15) is 0 Å². The van der Waals surface area contributed by atoms with Gasteiger partial charge in [0.05, 0.1) is 16.8 Å². The molecular weight excluding hydrogens is 524 g/mol. The SMILES string of the molecule is Cc1ccsc1C1C(C(=O)c2cccs2)C(c2ccc(C(C)(C)C)cc2)C(C(N)=O)N1C(=O)C1CCCCC1. The summed E-state index contributed by atoms with van der Waals surface area (Å²) in [5.74, 6) is -1.92. The molecule has 4 unspecified atom stereocenters. The number of hydrogen-bond donors (Lipinski definition) is 1. The van der Waals surface area contributed by atoms with E-state index in [2.05, 4.69) is 32.9 Å². The van der Waals surface area contributed by atoms with Crippen molar-refractivity contribution in [2.45, 2.75) is 83.2 Å². The first-order valence-corrected chi connectivity index (χ1v) is 15.7. The van der Waals surface area contributed by atoms with Crippen molar-refractivity contribution in [3.8, 4) is 0 Å². The lowest BCUT2D eigenvalue weighted by molar-refractivity contribution is -0.144. The Labute approximate surface area is 239 Å². The van der Waals surface area contributed by atoms with Gasteiger partial charge in [-0.15, -0.1) is 22.7 Å². The number of carbonyl (C=O) groups is 3. The van der Waals surface area contributed by atoms with Crippen LogP contribution in [-0.2, 0) is 15.0 Å². The zero-order valence-corrected chi connectivity index (χ0v) is 24.8. The number of benzene rings is 1. The average molecular weight is 563 g/mol. The van der Waals surface area contributed by atoms with Gasteiger partial charge in [-0.05, 0) is 64.8 Å². The van der Waals surface area contributed by atoms with E-state index in [1.807, 2.05) is 48.0 Å². The fourth-order valence-corrected chi connectivity index (χ4v) is 8.31. The minimum atomic E-state index is -0.902. The molecule has 0 spiro atoms. The molecule has 1 saturated heterocycles. The summed E-state index contributed by atoms with van der Waals surface area (Å²) in [5, 5.41) is 3.91. The number of carbonyl (C=O) groups excluding carboxylic acids is 3. The predicted molar refractivity (Wildman–Crippen MR) is 158 cm³/mol. The third-order valence-corrected chi connectivity index (χ3v) is 10.5. The lowest BCUT2D eigenvalue weighted by Crippen LogP contribution is -2.49.